The Morgan fingerprint density at radius 1 is 1.24 bits per heavy atom. The maximum absolute atomic E-state index is 13.1. The van der Waals surface area contributed by atoms with Crippen molar-refractivity contribution in [1.29, 1.82) is 5.26 Å². The lowest BCUT2D eigenvalue weighted by molar-refractivity contribution is 0.0525. The van der Waals surface area contributed by atoms with E-state index in [2.05, 4.69) is 15.1 Å². The van der Waals surface area contributed by atoms with Crippen LogP contribution in [0.15, 0.2) is 48.9 Å². The molecule has 146 valence electrons. The molecule has 1 aromatic carbocycles. The number of likely N-dealkylation sites (tertiary alicyclic amines) is 1. The zero-order valence-electron chi connectivity index (χ0n) is 16.0. The largest absolute Gasteiger partial charge is 0.470 e. The number of aromatic nitrogens is 4. The van der Waals surface area contributed by atoms with Gasteiger partial charge in [-0.25, -0.2) is 14.6 Å². The summed E-state index contributed by atoms with van der Waals surface area (Å²) in [4.78, 5) is 23.0. The van der Waals surface area contributed by atoms with Crippen molar-refractivity contribution in [2.45, 2.75) is 25.9 Å². The molecule has 1 saturated heterocycles. The van der Waals surface area contributed by atoms with Crippen molar-refractivity contribution in [3.63, 3.8) is 0 Å². The summed E-state index contributed by atoms with van der Waals surface area (Å²) >= 11 is 0. The lowest BCUT2D eigenvalue weighted by Gasteiger charge is -2.32. The van der Waals surface area contributed by atoms with Crippen LogP contribution in [0.2, 0.25) is 0 Å². The minimum Gasteiger partial charge on any atom is -0.470 e. The van der Waals surface area contributed by atoms with E-state index < -0.39 is 0 Å². The van der Waals surface area contributed by atoms with Gasteiger partial charge in [0.25, 0.3) is 11.8 Å². The molecule has 3 aromatic rings. The Hall–Kier alpha value is -3.73. The molecule has 4 rings (SSSR count). The Bertz CT molecular complexity index is 1060. The number of nitrogens with zero attached hydrogens (tertiary/aromatic N) is 6. The molecule has 0 N–H and O–H groups in total. The third-order valence-corrected chi connectivity index (χ3v) is 4.96. The Kier molecular flexibility index (Phi) is 5.20. The second-order valence-corrected chi connectivity index (χ2v) is 6.85. The second-order valence-electron chi connectivity index (χ2n) is 6.85. The van der Waals surface area contributed by atoms with Gasteiger partial charge in [-0.05, 0) is 31.9 Å². The van der Waals surface area contributed by atoms with Gasteiger partial charge in [0.15, 0.2) is 0 Å². The Balaban J connectivity index is 1.50. The van der Waals surface area contributed by atoms with Crippen LogP contribution in [-0.2, 0) is 0 Å². The van der Waals surface area contributed by atoms with Crippen molar-refractivity contribution in [3.05, 3.63) is 65.9 Å². The maximum Gasteiger partial charge on any atom is 0.257 e. The summed E-state index contributed by atoms with van der Waals surface area (Å²) in [6.45, 7) is 2.97. The van der Waals surface area contributed by atoms with E-state index in [1.165, 1.54) is 12.4 Å². The summed E-state index contributed by atoms with van der Waals surface area (Å²) in [5.41, 5.74) is 2.43. The molecule has 1 aliphatic rings. The van der Waals surface area contributed by atoms with Crippen LogP contribution in [0.4, 0.5) is 0 Å². The number of ether oxygens (including phenoxy) is 1. The lowest BCUT2D eigenvalue weighted by Crippen LogP contribution is -2.44. The fourth-order valence-electron chi connectivity index (χ4n) is 3.48. The maximum atomic E-state index is 13.1. The minimum absolute atomic E-state index is 0.0716. The Morgan fingerprint density at radius 3 is 2.83 bits per heavy atom. The van der Waals surface area contributed by atoms with E-state index in [1.807, 2.05) is 43.3 Å². The van der Waals surface area contributed by atoms with Crippen LogP contribution < -0.4 is 4.74 Å². The van der Waals surface area contributed by atoms with Gasteiger partial charge < -0.3 is 9.64 Å². The monoisotopic (exact) mass is 388 g/mol. The number of piperidine rings is 1. The van der Waals surface area contributed by atoms with Gasteiger partial charge in [0.2, 0.25) is 5.69 Å². The first kappa shape index (κ1) is 18.6. The topological polar surface area (TPSA) is 96.9 Å². The number of rotatable bonds is 4. The van der Waals surface area contributed by atoms with Crippen LogP contribution >= 0.6 is 0 Å². The van der Waals surface area contributed by atoms with Crippen molar-refractivity contribution < 1.29 is 9.53 Å². The highest BCUT2D eigenvalue weighted by Crippen LogP contribution is 2.21. The molecule has 29 heavy (non-hydrogen) atoms. The molecule has 2 aromatic heterocycles. The highest BCUT2D eigenvalue weighted by molar-refractivity contribution is 5.95. The zero-order valence-corrected chi connectivity index (χ0v) is 16.0. The van der Waals surface area contributed by atoms with Gasteiger partial charge >= 0.3 is 0 Å². The molecule has 0 aliphatic carbocycles. The molecule has 0 spiro atoms. The average molecular weight is 388 g/mol. The molecule has 8 nitrogen and oxygen atoms in total. The molecule has 1 fully saturated rings. The number of hydrogen-bond donors (Lipinski definition) is 0. The number of benzene rings is 1. The van der Waals surface area contributed by atoms with E-state index in [0.717, 1.165) is 24.2 Å². The van der Waals surface area contributed by atoms with Gasteiger partial charge in [-0.15, -0.1) is 0 Å². The predicted octanol–water partition coefficient (Wildman–Crippen LogP) is 2.53. The summed E-state index contributed by atoms with van der Waals surface area (Å²) in [7, 11) is 0. The molecule has 3 heterocycles. The van der Waals surface area contributed by atoms with E-state index >= 15 is 0 Å². The van der Waals surface area contributed by atoms with E-state index in [4.69, 9.17) is 10.00 Å². The molecule has 0 radical (unpaired) electrons. The molecule has 1 aliphatic heterocycles. The Labute approximate surface area is 168 Å². The summed E-state index contributed by atoms with van der Waals surface area (Å²) in [5, 5.41) is 13.6. The van der Waals surface area contributed by atoms with Gasteiger partial charge in [0.1, 0.15) is 12.2 Å². The molecular formula is C21H20N6O2. The summed E-state index contributed by atoms with van der Waals surface area (Å²) in [6, 6.07) is 11.7. The number of carbonyl (C=O) groups is 1. The standard InChI is InChI=1S/C21H20N6O2/c1-15-18(13-25-27(15)16-6-3-2-4-7-16)21(28)26-11-5-8-17(14-26)29-20-19(12-22)23-9-10-24-20/h2-4,6-7,9-10,13,17H,5,8,11,14H2,1H3. The van der Waals surface area contributed by atoms with Crippen molar-refractivity contribution in [2.75, 3.05) is 13.1 Å². The zero-order chi connectivity index (χ0) is 20.2. The quantitative estimate of drug-likeness (QED) is 0.681. The average Bonchev–Trinajstić information content (AvgIpc) is 3.15. The molecule has 8 heteroatoms. The van der Waals surface area contributed by atoms with Gasteiger partial charge in [-0.1, -0.05) is 18.2 Å². The van der Waals surface area contributed by atoms with Crippen LogP contribution in [0.1, 0.15) is 34.6 Å². The molecule has 1 amide bonds. The third-order valence-electron chi connectivity index (χ3n) is 4.96. The summed E-state index contributed by atoms with van der Waals surface area (Å²) in [6.07, 6.45) is 5.92. The molecule has 1 atom stereocenters. The SMILES string of the molecule is Cc1c(C(=O)N2CCCC(Oc3nccnc3C#N)C2)cnn1-c1ccccc1. The normalized spacial score (nSPS) is 16.3. The number of nitriles is 1. The van der Waals surface area contributed by atoms with Crippen molar-refractivity contribution in [3.8, 4) is 17.6 Å². The van der Waals surface area contributed by atoms with E-state index in [-0.39, 0.29) is 23.6 Å². The first-order valence-corrected chi connectivity index (χ1v) is 9.44. The van der Waals surface area contributed by atoms with Gasteiger partial charge in [-0.2, -0.15) is 10.4 Å². The second kappa shape index (κ2) is 8.10. The first-order chi connectivity index (χ1) is 14.2. The van der Waals surface area contributed by atoms with Crippen LogP contribution in [0.5, 0.6) is 5.88 Å². The Morgan fingerprint density at radius 2 is 2.03 bits per heavy atom. The van der Waals surface area contributed by atoms with Crippen molar-refractivity contribution >= 4 is 5.91 Å². The van der Waals surface area contributed by atoms with E-state index in [1.54, 1.807) is 15.8 Å². The number of hydrogen-bond acceptors (Lipinski definition) is 6. The smallest absolute Gasteiger partial charge is 0.257 e. The molecular weight excluding hydrogens is 368 g/mol. The van der Waals surface area contributed by atoms with Crippen molar-refractivity contribution in [1.82, 2.24) is 24.6 Å². The van der Waals surface area contributed by atoms with Gasteiger partial charge in [0, 0.05) is 18.9 Å². The van der Waals surface area contributed by atoms with E-state index in [9.17, 15) is 4.79 Å². The predicted molar refractivity (Wildman–Crippen MR) is 105 cm³/mol. The highest BCUT2D eigenvalue weighted by atomic mass is 16.5. The first-order valence-electron chi connectivity index (χ1n) is 9.44. The summed E-state index contributed by atoms with van der Waals surface area (Å²) < 4.78 is 7.66. The molecule has 1 unspecified atom stereocenters. The number of carbonyl (C=O) groups excluding carboxylic acids is 1. The van der Waals surface area contributed by atoms with Crippen LogP contribution in [0.3, 0.4) is 0 Å². The minimum atomic E-state index is -0.235. The fourth-order valence-corrected chi connectivity index (χ4v) is 3.48. The fraction of sp³-hybridized carbons (Fsp3) is 0.286. The highest BCUT2D eigenvalue weighted by Gasteiger charge is 2.28. The number of para-hydroxylation sites is 1. The van der Waals surface area contributed by atoms with Crippen LogP contribution in [0.25, 0.3) is 5.69 Å². The van der Waals surface area contributed by atoms with E-state index in [0.29, 0.717) is 18.7 Å². The van der Waals surface area contributed by atoms with Gasteiger partial charge in [0.05, 0.1) is 29.7 Å². The number of amides is 1. The van der Waals surface area contributed by atoms with Crippen LogP contribution in [-0.4, -0.2) is 49.7 Å². The third kappa shape index (κ3) is 3.80. The van der Waals surface area contributed by atoms with Crippen molar-refractivity contribution in [2.24, 2.45) is 0 Å². The molecule has 0 saturated carbocycles. The van der Waals surface area contributed by atoms with Gasteiger partial charge in [-0.3, -0.25) is 4.79 Å². The molecule has 0 bridgehead atoms. The summed E-state index contributed by atoms with van der Waals surface area (Å²) in [5.74, 6) is 0.139. The van der Waals surface area contributed by atoms with Crippen LogP contribution in [0, 0.1) is 18.3 Å². The lowest BCUT2D eigenvalue weighted by atomic mass is 10.1.